The zero-order valence-corrected chi connectivity index (χ0v) is 13.5. The van der Waals surface area contributed by atoms with Gasteiger partial charge in [-0.15, -0.1) is 0 Å². The Hall–Kier alpha value is -2.44. The van der Waals surface area contributed by atoms with E-state index in [1.165, 1.54) is 0 Å². The highest BCUT2D eigenvalue weighted by Crippen LogP contribution is 2.08. The Kier molecular flexibility index (Phi) is 5.67. The minimum absolute atomic E-state index is 0.0556. The normalized spacial score (nSPS) is 15.9. The number of nitrogens with zero attached hydrogens (tertiary/aromatic N) is 3. The lowest BCUT2D eigenvalue weighted by Gasteiger charge is -2.32. The van der Waals surface area contributed by atoms with Crippen LogP contribution in [-0.4, -0.2) is 65.2 Å². The number of amides is 3. The summed E-state index contributed by atoms with van der Waals surface area (Å²) in [4.78, 5) is 42.8. The third kappa shape index (κ3) is 4.28. The smallest absolute Gasteiger partial charge is 0.272 e. The van der Waals surface area contributed by atoms with E-state index in [1.54, 1.807) is 28.0 Å². The van der Waals surface area contributed by atoms with Gasteiger partial charge in [0, 0.05) is 32.2 Å². The van der Waals surface area contributed by atoms with Crippen LogP contribution in [0, 0.1) is 0 Å². The van der Waals surface area contributed by atoms with Crippen LogP contribution in [0.15, 0.2) is 18.2 Å². The fourth-order valence-corrected chi connectivity index (χ4v) is 2.27. The molecule has 0 saturated carbocycles. The summed E-state index contributed by atoms with van der Waals surface area (Å²) < 4.78 is 0. The summed E-state index contributed by atoms with van der Waals surface area (Å²) in [5.41, 5.74) is 0.490. The Balaban J connectivity index is 2.05. The predicted molar refractivity (Wildman–Crippen MR) is 85.0 cm³/mol. The van der Waals surface area contributed by atoms with Crippen LogP contribution in [0.5, 0.6) is 0 Å². The number of carbonyl (C=O) groups is 3. The molecular weight excluding hydrogens is 296 g/mol. The van der Waals surface area contributed by atoms with Crippen LogP contribution in [0.3, 0.4) is 0 Å². The molecule has 0 bridgehead atoms. The molecule has 2 heterocycles. The molecule has 1 aliphatic rings. The number of aromatic nitrogens is 1. The zero-order chi connectivity index (χ0) is 16.8. The summed E-state index contributed by atoms with van der Waals surface area (Å²) in [6.07, 6.45) is 1.62. The van der Waals surface area contributed by atoms with Gasteiger partial charge in [0.05, 0.1) is 0 Å². The fraction of sp³-hybridized carbons (Fsp3) is 0.500. The van der Waals surface area contributed by atoms with Gasteiger partial charge in [-0.25, -0.2) is 4.98 Å². The second-order valence-corrected chi connectivity index (χ2v) is 5.62. The monoisotopic (exact) mass is 318 g/mol. The van der Waals surface area contributed by atoms with E-state index >= 15 is 0 Å². The highest BCUT2D eigenvalue weighted by atomic mass is 16.2. The Morgan fingerprint density at radius 3 is 2.52 bits per heavy atom. The summed E-state index contributed by atoms with van der Waals surface area (Å²) in [6.45, 7) is 5.88. The Morgan fingerprint density at radius 2 is 1.91 bits per heavy atom. The Labute approximate surface area is 135 Å². The van der Waals surface area contributed by atoms with Gasteiger partial charge >= 0.3 is 0 Å². The van der Waals surface area contributed by atoms with Crippen molar-refractivity contribution in [3.8, 4) is 0 Å². The van der Waals surface area contributed by atoms with Crippen molar-refractivity contribution in [2.24, 2.45) is 0 Å². The number of rotatable bonds is 5. The van der Waals surface area contributed by atoms with Crippen LogP contribution >= 0.6 is 0 Å². The second kappa shape index (κ2) is 7.71. The minimum Gasteiger partial charge on any atom is -0.348 e. The molecule has 1 saturated heterocycles. The van der Waals surface area contributed by atoms with E-state index in [2.05, 4.69) is 10.3 Å². The first-order valence-electron chi connectivity index (χ1n) is 7.81. The number of nitrogens with one attached hydrogen (secondary N) is 1. The van der Waals surface area contributed by atoms with Crippen molar-refractivity contribution in [2.75, 3.05) is 26.2 Å². The molecule has 0 aliphatic carbocycles. The van der Waals surface area contributed by atoms with Gasteiger partial charge in [0.2, 0.25) is 6.41 Å². The fourth-order valence-electron chi connectivity index (χ4n) is 2.27. The summed E-state index contributed by atoms with van der Waals surface area (Å²) in [5, 5.41) is 2.83. The van der Waals surface area contributed by atoms with Crippen molar-refractivity contribution in [1.82, 2.24) is 20.1 Å². The number of pyridine rings is 1. The highest BCUT2D eigenvalue weighted by Gasteiger charge is 2.23. The lowest BCUT2D eigenvalue weighted by molar-refractivity contribution is -0.119. The van der Waals surface area contributed by atoms with E-state index < -0.39 is 0 Å². The van der Waals surface area contributed by atoms with Gasteiger partial charge in [0.15, 0.2) is 0 Å². The first-order valence-corrected chi connectivity index (χ1v) is 7.81. The SMILES string of the molecule is CCC(C)NC(=O)c1cccc(C(=O)N2CCN(C=O)CC2)n1. The molecule has 0 aromatic carbocycles. The quantitative estimate of drug-likeness (QED) is 0.803. The van der Waals surface area contributed by atoms with Gasteiger partial charge in [-0.2, -0.15) is 0 Å². The minimum atomic E-state index is -0.278. The molecular formula is C16H22N4O3. The van der Waals surface area contributed by atoms with Crippen molar-refractivity contribution >= 4 is 18.2 Å². The molecule has 1 unspecified atom stereocenters. The molecule has 7 heteroatoms. The average molecular weight is 318 g/mol. The van der Waals surface area contributed by atoms with E-state index in [0.717, 1.165) is 12.8 Å². The summed E-state index contributed by atoms with van der Waals surface area (Å²) in [5.74, 6) is -0.492. The van der Waals surface area contributed by atoms with Gasteiger partial charge in [-0.05, 0) is 25.5 Å². The third-order valence-corrected chi connectivity index (χ3v) is 3.94. The molecule has 1 aromatic rings. The number of hydrogen-bond acceptors (Lipinski definition) is 4. The van der Waals surface area contributed by atoms with Crippen molar-refractivity contribution in [2.45, 2.75) is 26.3 Å². The van der Waals surface area contributed by atoms with E-state index in [9.17, 15) is 14.4 Å². The summed E-state index contributed by atoms with van der Waals surface area (Å²) in [7, 11) is 0. The van der Waals surface area contributed by atoms with E-state index in [0.29, 0.717) is 26.2 Å². The summed E-state index contributed by atoms with van der Waals surface area (Å²) >= 11 is 0. The van der Waals surface area contributed by atoms with Crippen molar-refractivity contribution in [1.29, 1.82) is 0 Å². The number of hydrogen-bond donors (Lipinski definition) is 1. The standard InChI is InChI=1S/C16H22N4O3/c1-3-12(2)17-15(22)13-5-4-6-14(18-13)16(23)20-9-7-19(11-21)8-10-20/h4-6,11-12H,3,7-10H2,1-2H3,(H,17,22). The largest absolute Gasteiger partial charge is 0.348 e. The van der Waals surface area contributed by atoms with Crippen LogP contribution < -0.4 is 5.32 Å². The van der Waals surface area contributed by atoms with E-state index in [1.807, 2.05) is 13.8 Å². The lowest BCUT2D eigenvalue weighted by atomic mass is 10.2. The summed E-state index contributed by atoms with van der Waals surface area (Å²) in [6, 6.07) is 4.92. The molecule has 1 aliphatic heterocycles. The maximum atomic E-state index is 12.5. The molecule has 1 N–H and O–H groups in total. The molecule has 23 heavy (non-hydrogen) atoms. The van der Waals surface area contributed by atoms with Crippen molar-refractivity contribution in [3.63, 3.8) is 0 Å². The van der Waals surface area contributed by atoms with Gasteiger partial charge in [0.1, 0.15) is 11.4 Å². The Bertz CT molecular complexity index is 582. The lowest BCUT2D eigenvalue weighted by Crippen LogP contribution is -2.48. The van der Waals surface area contributed by atoms with Crippen LogP contribution in [0.25, 0.3) is 0 Å². The molecule has 2 rings (SSSR count). The van der Waals surface area contributed by atoms with Crippen molar-refractivity contribution < 1.29 is 14.4 Å². The predicted octanol–water partition coefficient (Wildman–Crippen LogP) is 0.524. The first-order chi connectivity index (χ1) is 11.0. The maximum Gasteiger partial charge on any atom is 0.272 e. The van der Waals surface area contributed by atoms with Gasteiger partial charge in [-0.3, -0.25) is 14.4 Å². The zero-order valence-electron chi connectivity index (χ0n) is 13.5. The van der Waals surface area contributed by atoms with Crippen LogP contribution in [0.1, 0.15) is 41.2 Å². The number of carbonyl (C=O) groups excluding carboxylic acids is 3. The van der Waals surface area contributed by atoms with Gasteiger partial charge in [0.25, 0.3) is 11.8 Å². The molecule has 1 aromatic heterocycles. The molecule has 3 amide bonds. The second-order valence-electron chi connectivity index (χ2n) is 5.62. The first kappa shape index (κ1) is 16.9. The molecule has 0 spiro atoms. The average Bonchev–Trinajstić information content (AvgIpc) is 2.61. The highest BCUT2D eigenvalue weighted by molar-refractivity contribution is 5.96. The molecule has 0 radical (unpaired) electrons. The van der Waals surface area contributed by atoms with E-state index in [4.69, 9.17) is 0 Å². The Morgan fingerprint density at radius 1 is 1.26 bits per heavy atom. The maximum absolute atomic E-state index is 12.5. The van der Waals surface area contributed by atoms with Crippen molar-refractivity contribution in [3.05, 3.63) is 29.6 Å². The van der Waals surface area contributed by atoms with Gasteiger partial charge < -0.3 is 15.1 Å². The number of piperazine rings is 1. The van der Waals surface area contributed by atoms with Crippen LogP contribution in [0.2, 0.25) is 0 Å². The molecule has 7 nitrogen and oxygen atoms in total. The third-order valence-electron chi connectivity index (χ3n) is 3.94. The van der Waals surface area contributed by atoms with E-state index in [-0.39, 0.29) is 29.2 Å². The van der Waals surface area contributed by atoms with Crippen LogP contribution in [0.4, 0.5) is 0 Å². The molecule has 124 valence electrons. The molecule has 1 fully saturated rings. The van der Waals surface area contributed by atoms with Crippen LogP contribution in [-0.2, 0) is 4.79 Å². The van der Waals surface area contributed by atoms with Gasteiger partial charge in [-0.1, -0.05) is 13.0 Å². The molecule has 1 atom stereocenters. The topological polar surface area (TPSA) is 82.6 Å².